The van der Waals surface area contributed by atoms with Gasteiger partial charge in [0.1, 0.15) is 0 Å². The van der Waals surface area contributed by atoms with E-state index < -0.39 is 0 Å². The van der Waals surface area contributed by atoms with Gasteiger partial charge in [0, 0.05) is 5.56 Å². The maximum Gasteiger partial charge on any atom is 0.264 e. The summed E-state index contributed by atoms with van der Waals surface area (Å²) in [6, 6.07) is 7.79. The lowest BCUT2D eigenvalue weighted by Crippen LogP contribution is -1.77. The predicted molar refractivity (Wildman–Crippen MR) is 49.5 cm³/mol. The second-order valence-electron chi connectivity index (χ2n) is 2.73. The van der Waals surface area contributed by atoms with Gasteiger partial charge in [-0.05, 0) is 35.8 Å². The Labute approximate surface area is 80.3 Å². The van der Waals surface area contributed by atoms with E-state index in [4.69, 9.17) is 16.1 Å². The highest BCUT2D eigenvalue weighted by molar-refractivity contribution is 6.28. The maximum atomic E-state index is 5.53. The van der Waals surface area contributed by atoms with Crippen molar-refractivity contribution in [3.05, 3.63) is 35.1 Å². The number of benzene rings is 1. The maximum absolute atomic E-state index is 5.53. The Balaban J connectivity index is 2.41. The number of hydrogen-bond donors (Lipinski definition) is 0. The van der Waals surface area contributed by atoms with Crippen LogP contribution in [0.4, 0.5) is 0 Å². The zero-order chi connectivity index (χ0) is 9.26. The van der Waals surface area contributed by atoms with E-state index in [0.717, 1.165) is 5.56 Å². The molecule has 0 N–H and O–H groups in total. The van der Waals surface area contributed by atoms with Gasteiger partial charge < -0.3 is 4.52 Å². The Kier molecular flexibility index (Phi) is 2.02. The molecule has 0 saturated heterocycles. The lowest BCUT2D eigenvalue weighted by atomic mass is 10.1. The molecule has 2 aromatic rings. The normalized spacial score (nSPS) is 10.3. The van der Waals surface area contributed by atoms with E-state index >= 15 is 0 Å². The van der Waals surface area contributed by atoms with Gasteiger partial charge in [0.2, 0.25) is 0 Å². The highest BCUT2D eigenvalue weighted by Gasteiger charge is 2.05. The van der Waals surface area contributed by atoms with Gasteiger partial charge >= 0.3 is 0 Å². The fourth-order valence-electron chi connectivity index (χ4n) is 1.02. The molecule has 0 fully saturated rings. The van der Waals surface area contributed by atoms with E-state index in [9.17, 15) is 0 Å². The van der Waals surface area contributed by atoms with Crippen LogP contribution in [0.2, 0.25) is 5.28 Å². The van der Waals surface area contributed by atoms with Crippen molar-refractivity contribution in [3.63, 3.8) is 0 Å². The first-order chi connectivity index (χ1) is 6.25. The Morgan fingerprint density at radius 2 is 1.92 bits per heavy atom. The van der Waals surface area contributed by atoms with Crippen LogP contribution in [0.15, 0.2) is 28.8 Å². The first-order valence-corrected chi connectivity index (χ1v) is 4.20. The molecule has 0 amide bonds. The lowest BCUT2D eigenvalue weighted by molar-refractivity contribution is 0.430. The Bertz CT molecular complexity index is 408. The number of nitrogens with zero attached hydrogens (tertiary/aromatic N) is 2. The van der Waals surface area contributed by atoms with Crippen molar-refractivity contribution < 1.29 is 4.52 Å². The van der Waals surface area contributed by atoms with Crippen molar-refractivity contribution >= 4 is 11.6 Å². The summed E-state index contributed by atoms with van der Waals surface area (Å²) in [5, 5.41) is 3.63. The molecule has 2 rings (SSSR count). The minimum absolute atomic E-state index is 0.135. The second kappa shape index (κ2) is 3.18. The summed E-state index contributed by atoms with van der Waals surface area (Å²) < 4.78 is 4.90. The standard InChI is InChI=1S/C9H7ClN2O/c1-6-2-4-7(5-3-6)8-11-9(10)12-13-8/h2-5H,1H3. The molecule has 0 saturated carbocycles. The van der Waals surface area contributed by atoms with Crippen LogP contribution in [0.3, 0.4) is 0 Å². The van der Waals surface area contributed by atoms with Gasteiger partial charge in [0.25, 0.3) is 11.2 Å². The molecule has 13 heavy (non-hydrogen) atoms. The summed E-state index contributed by atoms with van der Waals surface area (Å²) in [7, 11) is 0. The number of rotatable bonds is 1. The monoisotopic (exact) mass is 194 g/mol. The van der Waals surface area contributed by atoms with Crippen LogP contribution in [0, 0.1) is 6.92 Å². The molecule has 0 unspecified atom stereocenters. The first-order valence-electron chi connectivity index (χ1n) is 3.82. The summed E-state index contributed by atoms with van der Waals surface area (Å²) in [6.45, 7) is 2.02. The zero-order valence-corrected chi connectivity index (χ0v) is 7.75. The third kappa shape index (κ3) is 1.70. The molecule has 4 heteroatoms. The van der Waals surface area contributed by atoms with E-state index in [0.29, 0.717) is 5.89 Å². The molecular weight excluding hydrogens is 188 g/mol. The van der Waals surface area contributed by atoms with Crippen LogP contribution in [0.1, 0.15) is 5.56 Å². The predicted octanol–water partition coefficient (Wildman–Crippen LogP) is 2.70. The number of aryl methyl sites for hydroxylation is 1. The molecule has 1 aromatic carbocycles. The van der Waals surface area contributed by atoms with Gasteiger partial charge in [-0.15, -0.1) is 0 Å². The molecule has 0 radical (unpaired) electrons. The molecule has 0 aliphatic heterocycles. The van der Waals surface area contributed by atoms with Crippen molar-refractivity contribution in [2.24, 2.45) is 0 Å². The van der Waals surface area contributed by atoms with Crippen molar-refractivity contribution in [3.8, 4) is 11.5 Å². The Hall–Kier alpha value is -1.35. The number of halogens is 1. The van der Waals surface area contributed by atoms with Crippen molar-refractivity contribution in [2.75, 3.05) is 0 Å². The van der Waals surface area contributed by atoms with Gasteiger partial charge in [0.05, 0.1) is 0 Å². The van der Waals surface area contributed by atoms with E-state index in [-0.39, 0.29) is 5.28 Å². The molecule has 0 aliphatic rings. The topological polar surface area (TPSA) is 38.9 Å². The second-order valence-corrected chi connectivity index (χ2v) is 3.07. The summed E-state index contributed by atoms with van der Waals surface area (Å²) >= 11 is 5.53. The molecular formula is C9H7ClN2O. The molecule has 66 valence electrons. The fourth-order valence-corrected chi connectivity index (χ4v) is 1.13. The van der Waals surface area contributed by atoms with Crippen LogP contribution in [-0.2, 0) is 0 Å². The van der Waals surface area contributed by atoms with Crippen LogP contribution in [0.25, 0.3) is 11.5 Å². The van der Waals surface area contributed by atoms with Crippen molar-refractivity contribution in [2.45, 2.75) is 6.92 Å². The van der Waals surface area contributed by atoms with E-state index in [1.807, 2.05) is 31.2 Å². The summed E-state index contributed by atoms with van der Waals surface area (Å²) in [6.07, 6.45) is 0. The molecule has 0 aliphatic carbocycles. The van der Waals surface area contributed by atoms with Gasteiger partial charge in [-0.1, -0.05) is 17.7 Å². The van der Waals surface area contributed by atoms with Gasteiger partial charge in [-0.25, -0.2) is 0 Å². The van der Waals surface area contributed by atoms with E-state index in [1.165, 1.54) is 5.56 Å². The SMILES string of the molecule is Cc1ccc(-c2nc(Cl)no2)cc1. The minimum Gasteiger partial charge on any atom is -0.333 e. The lowest BCUT2D eigenvalue weighted by Gasteiger charge is -1.93. The molecule has 0 bridgehead atoms. The fraction of sp³-hybridized carbons (Fsp3) is 0.111. The van der Waals surface area contributed by atoms with Gasteiger partial charge in [-0.2, -0.15) is 4.98 Å². The Morgan fingerprint density at radius 3 is 2.46 bits per heavy atom. The van der Waals surface area contributed by atoms with Crippen LogP contribution >= 0.6 is 11.6 Å². The first kappa shape index (κ1) is 8.26. The highest BCUT2D eigenvalue weighted by Crippen LogP contribution is 2.18. The number of aromatic nitrogens is 2. The van der Waals surface area contributed by atoms with E-state index in [1.54, 1.807) is 0 Å². The van der Waals surface area contributed by atoms with Crippen molar-refractivity contribution in [1.29, 1.82) is 0 Å². The molecule has 0 spiro atoms. The molecule has 1 aromatic heterocycles. The average molecular weight is 195 g/mol. The quantitative estimate of drug-likeness (QED) is 0.701. The van der Waals surface area contributed by atoms with Crippen LogP contribution in [0.5, 0.6) is 0 Å². The molecule has 0 atom stereocenters. The minimum atomic E-state index is 0.135. The molecule has 3 nitrogen and oxygen atoms in total. The third-order valence-electron chi connectivity index (χ3n) is 1.70. The summed E-state index contributed by atoms with van der Waals surface area (Å²) in [4.78, 5) is 3.90. The van der Waals surface area contributed by atoms with Gasteiger partial charge in [0.15, 0.2) is 0 Å². The summed E-state index contributed by atoms with van der Waals surface area (Å²) in [5.74, 6) is 0.449. The largest absolute Gasteiger partial charge is 0.333 e. The average Bonchev–Trinajstić information content (AvgIpc) is 2.53. The highest BCUT2D eigenvalue weighted by atomic mass is 35.5. The Morgan fingerprint density at radius 1 is 1.23 bits per heavy atom. The molecule has 1 heterocycles. The number of hydrogen-bond acceptors (Lipinski definition) is 3. The third-order valence-corrected chi connectivity index (χ3v) is 1.85. The zero-order valence-electron chi connectivity index (χ0n) is 6.99. The van der Waals surface area contributed by atoms with Gasteiger partial charge in [-0.3, -0.25) is 0 Å². The smallest absolute Gasteiger partial charge is 0.264 e. The van der Waals surface area contributed by atoms with Crippen LogP contribution < -0.4 is 0 Å². The van der Waals surface area contributed by atoms with E-state index in [2.05, 4.69) is 10.1 Å². The van der Waals surface area contributed by atoms with Crippen molar-refractivity contribution in [1.82, 2.24) is 10.1 Å². The summed E-state index contributed by atoms with van der Waals surface area (Å²) in [5.41, 5.74) is 2.07. The van der Waals surface area contributed by atoms with Crippen LogP contribution in [-0.4, -0.2) is 10.1 Å².